The zero-order valence-corrected chi connectivity index (χ0v) is 17.5. The van der Waals surface area contributed by atoms with Crippen molar-refractivity contribution in [3.63, 3.8) is 0 Å². The van der Waals surface area contributed by atoms with Crippen LogP contribution in [0.2, 0.25) is 0 Å². The molecule has 0 spiro atoms. The van der Waals surface area contributed by atoms with Crippen molar-refractivity contribution in [1.82, 2.24) is 9.78 Å². The first-order valence-electron chi connectivity index (χ1n) is 9.45. The van der Waals surface area contributed by atoms with Crippen LogP contribution < -0.4 is 5.32 Å². The molecule has 1 aromatic heterocycles. The second-order valence-electron chi connectivity index (χ2n) is 7.30. The monoisotopic (exact) mass is 397 g/mol. The Balaban J connectivity index is 1.87. The largest absolute Gasteiger partial charge is 0.454 e. The van der Waals surface area contributed by atoms with Crippen LogP contribution in [0.4, 0.5) is 5.69 Å². The van der Waals surface area contributed by atoms with Crippen molar-refractivity contribution in [1.29, 1.82) is 0 Å². The zero-order chi connectivity index (χ0) is 21.6. The molecule has 0 aliphatic carbocycles. The third-order valence-corrected chi connectivity index (χ3v) is 4.38. The average molecular weight is 397 g/mol. The second kappa shape index (κ2) is 9.82. The van der Waals surface area contributed by atoms with Crippen molar-refractivity contribution in [3.8, 4) is 0 Å². The summed E-state index contributed by atoms with van der Waals surface area (Å²) in [6, 6.07) is 6.50. The molecule has 0 bridgehead atoms. The molecule has 0 radical (unpaired) electrons. The summed E-state index contributed by atoms with van der Waals surface area (Å²) in [6.07, 6.45) is 3.36. The van der Waals surface area contributed by atoms with Gasteiger partial charge in [-0.25, -0.2) is 4.79 Å². The molecule has 0 aliphatic rings. The molecule has 1 N–H and O–H groups in total. The molecule has 2 rings (SSSR count). The molecule has 0 saturated heterocycles. The van der Waals surface area contributed by atoms with Gasteiger partial charge in [0, 0.05) is 42.1 Å². The van der Waals surface area contributed by atoms with Crippen LogP contribution in [0.5, 0.6) is 0 Å². The van der Waals surface area contributed by atoms with Gasteiger partial charge in [-0.05, 0) is 50.1 Å². The summed E-state index contributed by atoms with van der Waals surface area (Å²) in [5.41, 5.74) is 3.62. The quantitative estimate of drug-likeness (QED) is 0.418. The Bertz CT molecular complexity index is 924. The van der Waals surface area contributed by atoms with E-state index in [1.165, 1.54) is 6.08 Å². The van der Waals surface area contributed by atoms with E-state index in [9.17, 15) is 14.4 Å². The first-order chi connectivity index (χ1) is 13.7. The number of nitrogens with one attached hydrogen (secondary N) is 1. The van der Waals surface area contributed by atoms with Gasteiger partial charge in [0.25, 0.3) is 0 Å². The van der Waals surface area contributed by atoms with E-state index in [0.717, 1.165) is 17.0 Å². The highest BCUT2D eigenvalue weighted by Crippen LogP contribution is 2.14. The lowest BCUT2D eigenvalue weighted by atomic mass is 10.1. The number of anilines is 1. The van der Waals surface area contributed by atoms with Gasteiger partial charge in [0.2, 0.25) is 5.91 Å². The fourth-order valence-electron chi connectivity index (χ4n) is 2.77. The van der Waals surface area contributed by atoms with Crippen LogP contribution in [-0.2, 0) is 21.4 Å². The number of Topliss-reactive ketones (excluding diaryl/α,β-unsaturated/α-hetero) is 1. The van der Waals surface area contributed by atoms with Crippen molar-refractivity contribution < 1.29 is 19.1 Å². The van der Waals surface area contributed by atoms with Gasteiger partial charge < -0.3 is 10.1 Å². The second-order valence-corrected chi connectivity index (χ2v) is 7.30. The molecule has 7 nitrogen and oxygen atoms in total. The number of aryl methyl sites for hydroxylation is 2. The van der Waals surface area contributed by atoms with E-state index < -0.39 is 5.97 Å². The van der Waals surface area contributed by atoms with Crippen molar-refractivity contribution in [3.05, 3.63) is 52.9 Å². The van der Waals surface area contributed by atoms with Crippen LogP contribution >= 0.6 is 0 Å². The van der Waals surface area contributed by atoms with Gasteiger partial charge >= 0.3 is 5.97 Å². The highest BCUT2D eigenvalue weighted by Gasteiger charge is 2.11. The van der Waals surface area contributed by atoms with Gasteiger partial charge in [-0.3, -0.25) is 14.3 Å². The SMILES string of the molecule is Cc1nn(C)c(C)c1/C=C/C(=O)OCC(=O)c1ccc(NC(=O)CC(C)C)cc1. The van der Waals surface area contributed by atoms with Gasteiger partial charge in [0.05, 0.1) is 5.69 Å². The molecule has 0 aliphatic heterocycles. The summed E-state index contributed by atoms with van der Waals surface area (Å²) < 4.78 is 6.77. The maximum absolute atomic E-state index is 12.2. The lowest BCUT2D eigenvalue weighted by molar-refractivity contribution is -0.136. The molecule has 7 heteroatoms. The Labute approximate surface area is 170 Å². The molecule has 1 amide bonds. The minimum atomic E-state index is -0.599. The minimum absolute atomic E-state index is 0.0705. The van der Waals surface area contributed by atoms with Gasteiger partial charge in [0.1, 0.15) is 0 Å². The average Bonchev–Trinajstić information content (AvgIpc) is 2.89. The first kappa shape index (κ1) is 22.1. The number of esters is 1. The van der Waals surface area contributed by atoms with Gasteiger partial charge in [0.15, 0.2) is 12.4 Å². The van der Waals surface area contributed by atoms with Crippen LogP contribution in [-0.4, -0.2) is 34.0 Å². The predicted octanol–water partition coefficient (Wildman–Crippen LogP) is 3.46. The number of hydrogen-bond donors (Lipinski definition) is 1. The summed E-state index contributed by atoms with van der Waals surface area (Å²) in [5.74, 6) is -0.719. The summed E-state index contributed by atoms with van der Waals surface area (Å²) >= 11 is 0. The van der Waals surface area contributed by atoms with E-state index in [1.54, 1.807) is 35.0 Å². The number of carbonyl (C=O) groups is 3. The third kappa shape index (κ3) is 6.41. The van der Waals surface area contributed by atoms with E-state index in [-0.39, 0.29) is 24.2 Å². The lowest BCUT2D eigenvalue weighted by Crippen LogP contribution is -2.14. The van der Waals surface area contributed by atoms with E-state index in [0.29, 0.717) is 17.7 Å². The Hall–Kier alpha value is -3.22. The fraction of sp³-hybridized carbons (Fsp3) is 0.364. The number of aromatic nitrogens is 2. The molecule has 0 unspecified atom stereocenters. The summed E-state index contributed by atoms with van der Waals surface area (Å²) in [6.45, 7) is 7.35. The normalized spacial score (nSPS) is 11.1. The Morgan fingerprint density at radius 2 is 1.83 bits per heavy atom. The number of amides is 1. The van der Waals surface area contributed by atoms with Crippen molar-refractivity contribution >= 4 is 29.4 Å². The summed E-state index contributed by atoms with van der Waals surface area (Å²) in [5, 5.41) is 7.06. The zero-order valence-electron chi connectivity index (χ0n) is 17.5. The maximum Gasteiger partial charge on any atom is 0.331 e. The highest BCUT2D eigenvalue weighted by atomic mass is 16.5. The number of ether oxygens (including phenoxy) is 1. The predicted molar refractivity (Wildman–Crippen MR) is 112 cm³/mol. The van der Waals surface area contributed by atoms with Crippen LogP contribution in [0.1, 0.15) is 47.6 Å². The fourth-order valence-corrected chi connectivity index (χ4v) is 2.77. The van der Waals surface area contributed by atoms with Crippen molar-refractivity contribution in [2.75, 3.05) is 11.9 Å². The summed E-state index contributed by atoms with van der Waals surface area (Å²) in [7, 11) is 1.83. The van der Waals surface area contributed by atoms with E-state index in [1.807, 2.05) is 34.7 Å². The first-order valence-corrected chi connectivity index (χ1v) is 9.45. The number of nitrogens with zero attached hydrogens (tertiary/aromatic N) is 2. The maximum atomic E-state index is 12.2. The Morgan fingerprint density at radius 1 is 1.17 bits per heavy atom. The van der Waals surface area contributed by atoms with Crippen LogP contribution in [0.15, 0.2) is 30.3 Å². The molecule has 1 aromatic carbocycles. The van der Waals surface area contributed by atoms with Crippen molar-refractivity contribution in [2.45, 2.75) is 34.1 Å². The highest BCUT2D eigenvalue weighted by molar-refractivity contribution is 5.99. The van der Waals surface area contributed by atoms with E-state index >= 15 is 0 Å². The molecule has 2 aromatic rings. The van der Waals surface area contributed by atoms with Gasteiger partial charge in [-0.2, -0.15) is 5.10 Å². The number of benzene rings is 1. The molecular formula is C22H27N3O4. The summed E-state index contributed by atoms with van der Waals surface area (Å²) in [4.78, 5) is 35.9. The van der Waals surface area contributed by atoms with E-state index in [2.05, 4.69) is 10.4 Å². The van der Waals surface area contributed by atoms with Crippen LogP contribution in [0, 0.1) is 19.8 Å². The molecular weight excluding hydrogens is 370 g/mol. The third-order valence-electron chi connectivity index (χ3n) is 4.38. The molecule has 1 heterocycles. The van der Waals surface area contributed by atoms with Gasteiger partial charge in [-0.15, -0.1) is 0 Å². The molecule has 0 saturated carbocycles. The van der Waals surface area contributed by atoms with Crippen molar-refractivity contribution in [2.24, 2.45) is 13.0 Å². The molecule has 29 heavy (non-hydrogen) atoms. The minimum Gasteiger partial charge on any atom is -0.454 e. The van der Waals surface area contributed by atoms with Crippen LogP contribution in [0.3, 0.4) is 0 Å². The van der Waals surface area contributed by atoms with E-state index in [4.69, 9.17) is 4.74 Å². The molecule has 154 valence electrons. The standard InChI is InChI=1S/C22H27N3O4/c1-14(2)12-21(27)23-18-8-6-17(7-9-18)20(26)13-29-22(28)11-10-19-15(3)24-25(5)16(19)4/h6-11,14H,12-13H2,1-5H3,(H,23,27)/b11-10+. The topological polar surface area (TPSA) is 90.3 Å². The smallest absolute Gasteiger partial charge is 0.331 e. The number of rotatable bonds is 8. The lowest BCUT2D eigenvalue weighted by Gasteiger charge is -2.08. The number of carbonyl (C=O) groups excluding carboxylic acids is 3. The number of hydrogen-bond acceptors (Lipinski definition) is 5. The Kier molecular flexibility index (Phi) is 7.47. The Morgan fingerprint density at radius 3 is 2.38 bits per heavy atom. The number of ketones is 1. The van der Waals surface area contributed by atoms with Crippen LogP contribution in [0.25, 0.3) is 6.08 Å². The molecule has 0 fully saturated rings. The molecule has 0 atom stereocenters. The van der Waals surface area contributed by atoms with Gasteiger partial charge in [-0.1, -0.05) is 13.8 Å².